The third-order valence-electron chi connectivity index (χ3n) is 5.13. The summed E-state index contributed by atoms with van der Waals surface area (Å²) >= 11 is 7.90. The Hall–Kier alpha value is -2.24. The fraction of sp³-hybridized carbons (Fsp3) is 0.385. The number of hydrogen-bond donors (Lipinski definition) is 0. The van der Waals surface area contributed by atoms with Crippen LogP contribution in [-0.2, 0) is 11.0 Å². The van der Waals surface area contributed by atoms with Crippen LogP contribution in [0.3, 0.4) is 0 Å². The molecular weight excluding hydrogens is 440 g/mol. The Balaban J connectivity index is 1.70. The van der Waals surface area contributed by atoms with Gasteiger partial charge in [-0.25, -0.2) is 4.68 Å². The van der Waals surface area contributed by atoms with Crippen molar-refractivity contribution in [2.45, 2.75) is 69.6 Å². The summed E-state index contributed by atoms with van der Waals surface area (Å²) in [7, 11) is 0. The van der Waals surface area contributed by atoms with Gasteiger partial charge in [0.25, 0.3) is 5.56 Å². The van der Waals surface area contributed by atoms with Gasteiger partial charge in [-0.3, -0.25) is 4.79 Å². The zero-order valence-corrected chi connectivity index (χ0v) is 21.3. The number of aromatic nitrogens is 2. The van der Waals surface area contributed by atoms with Crippen molar-refractivity contribution in [3.63, 3.8) is 0 Å². The molecule has 0 saturated carbocycles. The fourth-order valence-electron chi connectivity index (χ4n) is 3.20. The number of hydrogen-bond acceptors (Lipinski definition) is 4. The molecule has 2 aromatic carbocycles. The number of rotatable bonds is 5. The lowest BCUT2D eigenvalue weighted by atomic mass is 9.87. The van der Waals surface area contributed by atoms with Crippen LogP contribution in [0.4, 0.5) is 0 Å². The monoisotopic (exact) mass is 470 g/mol. The van der Waals surface area contributed by atoms with Crippen molar-refractivity contribution < 1.29 is 4.74 Å². The quantitative estimate of drug-likeness (QED) is 0.360. The number of benzene rings is 2. The van der Waals surface area contributed by atoms with E-state index >= 15 is 0 Å². The molecule has 1 atom stereocenters. The number of halogens is 1. The van der Waals surface area contributed by atoms with E-state index < -0.39 is 5.54 Å². The Bertz CT molecular complexity index is 1120. The topological polar surface area (TPSA) is 44.1 Å². The lowest BCUT2D eigenvalue weighted by Gasteiger charge is -2.21. The molecule has 3 rings (SSSR count). The average Bonchev–Trinajstić information content (AvgIpc) is 2.71. The van der Waals surface area contributed by atoms with E-state index in [1.54, 1.807) is 6.20 Å². The second-order valence-electron chi connectivity index (χ2n) is 9.92. The Kier molecular flexibility index (Phi) is 7.11. The molecule has 0 fully saturated rings. The van der Waals surface area contributed by atoms with Crippen LogP contribution in [0.15, 0.2) is 64.4 Å². The number of ether oxygens (including phenoxy) is 1. The van der Waals surface area contributed by atoms with Gasteiger partial charge in [0.05, 0.1) is 16.6 Å². The molecule has 6 heteroatoms. The van der Waals surface area contributed by atoms with Crippen molar-refractivity contribution in [3.05, 3.63) is 81.2 Å². The SMILES string of the molecule is CC(Sc1cnn(C(C)(C)C)c(=O)c1Cl)c1ccc(Oc2ccc(C(C)(C)C)cc2)cc1. The molecule has 0 aliphatic heterocycles. The van der Waals surface area contributed by atoms with Gasteiger partial charge in [0.2, 0.25) is 0 Å². The van der Waals surface area contributed by atoms with E-state index in [0.29, 0.717) is 4.90 Å². The molecule has 32 heavy (non-hydrogen) atoms. The summed E-state index contributed by atoms with van der Waals surface area (Å²) in [6, 6.07) is 16.2. The lowest BCUT2D eigenvalue weighted by molar-refractivity contribution is 0.336. The molecule has 0 bridgehead atoms. The maximum Gasteiger partial charge on any atom is 0.287 e. The zero-order valence-electron chi connectivity index (χ0n) is 19.8. The third-order valence-corrected chi connectivity index (χ3v) is 6.80. The standard InChI is InChI=1S/C26H31ClN2O2S/c1-17(32-22-16-28-29(26(5,6)7)24(30)23(22)27)18-8-12-20(13-9-18)31-21-14-10-19(11-15-21)25(2,3)4/h8-17H,1-7H3. The van der Waals surface area contributed by atoms with E-state index in [4.69, 9.17) is 16.3 Å². The summed E-state index contributed by atoms with van der Waals surface area (Å²) in [5, 5.41) is 4.63. The van der Waals surface area contributed by atoms with Crippen molar-refractivity contribution in [3.8, 4) is 11.5 Å². The number of nitrogens with zero attached hydrogens (tertiary/aromatic N) is 2. The van der Waals surface area contributed by atoms with Crippen LogP contribution in [0, 0.1) is 0 Å². The molecule has 1 aromatic heterocycles. The molecule has 0 aliphatic carbocycles. The Morgan fingerprint density at radius 2 is 1.47 bits per heavy atom. The normalized spacial score (nSPS) is 13.1. The van der Waals surface area contributed by atoms with Gasteiger partial charge in [0.1, 0.15) is 16.5 Å². The summed E-state index contributed by atoms with van der Waals surface area (Å²) in [6.45, 7) is 14.4. The predicted molar refractivity (Wildman–Crippen MR) is 134 cm³/mol. The number of thioether (sulfide) groups is 1. The highest BCUT2D eigenvalue weighted by molar-refractivity contribution is 7.99. The summed E-state index contributed by atoms with van der Waals surface area (Å²) in [5.74, 6) is 1.59. The van der Waals surface area contributed by atoms with Crippen LogP contribution in [-0.4, -0.2) is 9.78 Å². The first kappa shape index (κ1) is 24.4. The van der Waals surface area contributed by atoms with E-state index in [9.17, 15) is 4.79 Å². The first-order chi connectivity index (χ1) is 14.9. The largest absolute Gasteiger partial charge is 0.457 e. The van der Waals surface area contributed by atoms with Gasteiger partial charge in [-0.05, 0) is 68.5 Å². The second kappa shape index (κ2) is 9.32. The highest BCUT2D eigenvalue weighted by atomic mass is 35.5. The second-order valence-corrected chi connectivity index (χ2v) is 11.7. The van der Waals surface area contributed by atoms with Crippen molar-refractivity contribution >= 4 is 23.4 Å². The minimum atomic E-state index is -0.418. The molecule has 1 heterocycles. The molecule has 170 valence electrons. The van der Waals surface area contributed by atoms with Gasteiger partial charge in [0.15, 0.2) is 0 Å². The maximum absolute atomic E-state index is 12.6. The fourth-order valence-corrected chi connectivity index (χ4v) is 4.44. The van der Waals surface area contributed by atoms with Crippen LogP contribution in [0.5, 0.6) is 11.5 Å². The summed E-state index contributed by atoms with van der Waals surface area (Å²) < 4.78 is 7.42. The smallest absolute Gasteiger partial charge is 0.287 e. The van der Waals surface area contributed by atoms with E-state index in [1.165, 1.54) is 22.0 Å². The molecular formula is C26H31ClN2O2S. The zero-order chi connectivity index (χ0) is 23.7. The molecule has 0 N–H and O–H groups in total. The van der Waals surface area contributed by atoms with Crippen LogP contribution >= 0.6 is 23.4 Å². The molecule has 0 amide bonds. The van der Waals surface area contributed by atoms with E-state index in [0.717, 1.165) is 17.1 Å². The molecule has 1 unspecified atom stereocenters. The molecule has 0 spiro atoms. The third kappa shape index (κ3) is 5.76. The van der Waals surface area contributed by atoms with E-state index in [-0.39, 0.29) is 21.2 Å². The van der Waals surface area contributed by atoms with Gasteiger partial charge in [-0.15, -0.1) is 11.8 Å². The minimum absolute atomic E-state index is 0.0966. The average molecular weight is 471 g/mol. The van der Waals surface area contributed by atoms with Gasteiger partial charge in [-0.1, -0.05) is 56.6 Å². The molecule has 0 saturated heterocycles. The van der Waals surface area contributed by atoms with Crippen molar-refractivity contribution in [2.24, 2.45) is 0 Å². The Morgan fingerprint density at radius 3 is 1.97 bits per heavy atom. The van der Waals surface area contributed by atoms with Crippen LogP contribution in [0.25, 0.3) is 0 Å². The molecule has 4 nitrogen and oxygen atoms in total. The first-order valence-corrected chi connectivity index (χ1v) is 12.0. The Labute approximate surface area is 200 Å². The predicted octanol–water partition coefficient (Wildman–Crippen LogP) is 7.59. The summed E-state index contributed by atoms with van der Waals surface area (Å²) in [6.07, 6.45) is 1.68. The van der Waals surface area contributed by atoms with Gasteiger partial charge in [-0.2, -0.15) is 5.10 Å². The van der Waals surface area contributed by atoms with Crippen LogP contribution in [0.1, 0.15) is 64.8 Å². The maximum atomic E-state index is 12.6. The minimum Gasteiger partial charge on any atom is -0.457 e. The van der Waals surface area contributed by atoms with E-state index in [1.807, 2.05) is 57.2 Å². The summed E-state index contributed by atoms with van der Waals surface area (Å²) in [5.41, 5.74) is 1.82. The molecule has 0 aliphatic rings. The highest BCUT2D eigenvalue weighted by Gasteiger charge is 2.21. The van der Waals surface area contributed by atoms with Gasteiger partial charge < -0.3 is 4.74 Å². The van der Waals surface area contributed by atoms with Crippen molar-refractivity contribution in [2.75, 3.05) is 0 Å². The Morgan fingerprint density at radius 1 is 0.938 bits per heavy atom. The van der Waals surface area contributed by atoms with Gasteiger partial charge in [0, 0.05) is 5.25 Å². The summed E-state index contributed by atoms with van der Waals surface area (Å²) in [4.78, 5) is 13.3. The van der Waals surface area contributed by atoms with Crippen LogP contribution < -0.4 is 10.3 Å². The van der Waals surface area contributed by atoms with Gasteiger partial charge >= 0.3 is 0 Å². The molecule has 3 aromatic rings. The van der Waals surface area contributed by atoms with Crippen molar-refractivity contribution in [1.82, 2.24) is 9.78 Å². The first-order valence-electron chi connectivity index (χ1n) is 10.7. The lowest BCUT2D eigenvalue weighted by Crippen LogP contribution is -2.36. The van der Waals surface area contributed by atoms with Crippen LogP contribution in [0.2, 0.25) is 5.02 Å². The van der Waals surface area contributed by atoms with E-state index in [2.05, 4.69) is 44.9 Å². The molecule has 0 radical (unpaired) electrons. The highest BCUT2D eigenvalue weighted by Crippen LogP contribution is 2.38. The van der Waals surface area contributed by atoms with Crippen molar-refractivity contribution in [1.29, 1.82) is 0 Å².